The molecule has 0 aliphatic carbocycles. The van der Waals surface area contributed by atoms with Crippen LogP contribution in [0.5, 0.6) is 0 Å². The molecule has 0 aliphatic heterocycles. The molecular weight excluding hydrogens is 214 g/mol. The molecule has 1 aromatic rings. The fraction of sp³-hybridized carbons (Fsp3) is 0.692. The van der Waals surface area contributed by atoms with Gasteiger partial charge in [0.05, 0.1) is 17.3 Å². The van der Waals surface area contributed by atoms with E-state index in [0.29, 0.717) is 5.56 Å². The molecule has 1 atom stereocenters. The molecule has 0 spiro atoms. The quantitative estimate of drug-likeness (QED) is 0.712. The number of Topliss-reactive ketones (excluding diaryl/α,β-unsaturated/α-hetero) is 1. The van der Waals surface area contributed by atoms with Gasteiger partial charge in [-0.1, -0.05) is 13.8 Å². The molecule has 0 N–H and O–H groups in total. The van der Waals surface area contributed by atoms with Gasteiger partial charge in [-0.05, 0) is 33.9 Å². The minimum atomic E-state index is -0.444. The fourth-order valence-electron chi connectivity index (χ4n) is 1.82. The van der Waals surface area contributed by atoms with E-state index in [4.69, 9.17) is 0 Å². The Bertz CT molecular complexity index is 384. The van der Waals surface area contributed by atoms with Crippen LogP contribution < -0.4 is 0 Å². The van der Waals surface area contributed by atoms with E-state index in [-0.39, 0.29) is 5.78 Å². The van der Waals surface area contributed by atoms with Crippen molar-refractivity contribution in [2.24, 2.45) is 0 Å². The number of likely N-dealkylation sites (N-methyl/N-ethyl adjacent to an activating group) is 1. The van der Waals surface area contributed by atoms with Crippen LogP contribution in [0.2, 0.25) is 0 Å². The van der Waals surface area contributed by atoms with Crippen LogP contribution in [0.4, 0.5) is 0 Å². The van der Waals surface area contributed by atoms with Crippen molar-refractivity contribution in [1.29, 1.82) is 0 Å². The average Bonchev–Trinajstić information content (AvgIpc) is 2.75. The first-order valence-electron chi connectivity index (χ1n) is 6.20. The normalized spacial score (nSPS) is 14.9. The van der Waals surface area contributed by atoms with Crippen LogP contribution in [0.25, 0.3) is 0 Å². The summed E-state index contributed by atoms with van der Waals surface area (Å²) >= 11 is 0. The van der Waals surface area contributed by atoms with E-state index in [2.05, 4.69) is 12.0 Å². The maximum atomic E-state index is 12.5. The van der Waals surface area contributed by atoms with E-state index in [1.807, 2.05) is 43.7 Å². The Morgan fingerprint density at radius 3 is 2.59 bits per heavy atom. The van der Waals surface area contributed by atoms with Crippen LogP contribution in [0.1, 0.15) is 44.0 Å². The Hall–Kier alpha value is -1.16. The van der Waals surface area contributed by atoms with E-state index in [1.165, 1.54) is 0 Å². The predicted molar refractivity (Wildman–Crippen MR) is 69.2 cm³/mol. The van der Waals surface area contributed by atoms with E-state index in [1.54, 1.807) is 6.20 Å². The van der Waals surface area contributed by atoms with Crippen molar-refractivity contribution in [1.82, 2.24) is 14.7 Å². The topological polar surface area (TPSA) is 38.1 Å². The second kappa shape index (κ2) is 5.45. The van der Waals surface area contributed by atoms with Gasteiger partial charge in [-0.15, -0.1) is 0 Å². The molecule has 0 amide bonds. The third-order valence-electron chi connectivity index (χ3n) is 3.51. The summed E-state index contributed by atoms with van der Waals surface area (Å²) in [5.41, 5.74) is 0.261. The maximum absolute atomic E-state index is 12.5. The highest BCUT2D eigenvalue weighted by Crippen LogP contribution is 2.21. The maximum Gasteiger partial charge on any atom is 0.185 e. The number of aromatic nitrogens is 2. The van der Waals surface area contributed by atoms with Gasteiger partial charge in [-0.25, -0.2) is 0 Å². The standard InChI is InChI=1S/C13H23N3O/c1-6-8-16-10-11(9-14-16)12(17)13(3,7-2)15(4)5/h9-10H,6-8H2,1-5H3. The van der Waals surface area contributed by atoms with Crippen molar-refractivity contribution in [2.75, 3.05) is 14.1 Å². The lowest BCUT2D eigenvalue weighted by Gasteiger charge is -2.33. The number of aryl methyl sites for hydroxylation is 1. The second-order valence-corrected chi connectivity index (χ2v) is 4.84. The van der Waals surface area contributed by atoms with E-state index in [0.717, 1.165) is 19.4 Å². The molecule has 96 valence electrons. The Morgan fingerprint density at radius 1 is 1.47 bits per heavy atom. The summed E-state index contributed by atoms with van der Waals surface area (Å²) in [6.07, 6.45) is 5.34. The second-order valence-electron chi connectivity index (χ2n) is 4.84. The minimum absolute atomic E-state index is 0.146. The summed E-state index contributed by atoms with van der Waals surface area (Å²) in [5.74, 6) is 0.146. The number of carbonyl (C=O) groups is 1. The molecule has 1 aromatic heterocycles. The van der Waals surface area contributed by atoms with Crippen molar-refractivity contribution in [3.8, 4) is 0 Å². The largest absolute Gasteiger partial charge is 0.297 e. The first-order valence-corrected chi connectivity index (χ1v) is 6.20. The number of ketones is 1. The third kappa shape index (κ3) is 2.75. The molecule has 4 nitrogen and oxygen atoms in total. The number of rotatable bonds is 6. The zero-order valence-electron chi connectivity index (χ0n) is 11.5. The number of carbonyl (C=O) groups excluding carboxylic acids is 1. The molecule has 0 fully saturated rings. The van der Waals surface area contributed by atoms with E-state index in [9.17, 15) is 4.79 Å². The molecule has 1 rings (SSSR count). The van der Waals surface area contributed by atoms with E-state index >= 15 is 0 Å². The predicted octanol–water partition coefficient (Wildman–Crippen LogP) is 2.21. The van der Waals surface area contributed by atoms with Crippen molar-refractivity contribution >= 4 is 5.78 Å². The summed E-state index contributed by atoms with van der Waals surface area (Å²) in [4.78, 5) is 14.4. The molecule has 0 saturated heterocycles. The highest BCUT2D eigenvalue weighted by Gasteiger charge is 2.34. The average molecular weight is 237 g/mol. The zero-order chi connectivity index (χ0) is 13.1. The first kappa shape index (κ1) is 13.9. The summed E-state index contributed by atoms with van der Waals surface area (Å²) in [7, 11) is 3.88. The Morgan fingerprint density at radius 2 is 2.12 bits per heavy atom. The molecule has 4 heteroatoms. The number of hydrogen-bond donors (Lipinski definition) is 0. The Labute approximate surface area is 104 Å². The van der Waals surface area contributed by atoms with Gasteiger partial charge in [-0.2, -0.15) is 5.10 Å². The van der Waals surface area contributed by atoms with Gasteiger partial charge in [0.25, 0.3) is 0 Å². The molecule has 0 radical (unpaired) electrons. The van der Waals surface area contributed by atoms with Crippen molar-refractivity contribution in [2.45, 2.75) is 45.7 Å². The SMILES string of the molecule is CCCn1cc(C(=O)C(C)(CC)N(C)C)cn1. The van der Waals surface area contributed by atoms with Crippen molar-refractivity contribution < 1.29 is 4.79 Å². The molecule has 0 aromatic carbocycles. The summed E-state index contributed by atoms with van der Waals surface area (Å²) in [6.45, 7) is 6.97. The summed E-state index contributed by atoms with van der Waals surface area (Å²) in [6, 6.07) is 0. The minimum Gasteiger partial charge on any atom is -0.297 e. The van der Waals surface area contributed by atoms with Crippen LogP contribution >= 0.6 is 0 Å². The Kier molecular flexibility index (Phi) is 4.46. The summed E-state index contributed by atoms with van der Waals surface area (Å²) in [5, 5.41) is 4.21. The number of nitrogens with zero attached hydrogens (tertiary/aromatic N) is 3. The zero-order valence-corrected chi connectivity index (χ0v) is 11.5. The van der Waals surface area contributed by atoms with Gasteiger partial charge in [0.15, 0.2) is 5.78 Å². The van der Waals surface area contributed by atoms with Gasteiger partial charge in [0.2, 0.25) is 0 Å². The molecule has 17 heavy (non-hydrogen) atoms. The third-order valence-corrected chi connectivity index (χ3v) is 3.51. The van der Waals surface area contributed by atoms with Crippen LogP contribution in [-0.4, -0.2) is 40.1 Å². The lowest BCUT2D eigenvalue weighted by atomic mass is 9.89. The van der Waals surface area contributed by atoms with Crippen LogP contribution in [0.3, 0.4) is 0 Å². The van der Waals surface area contributed by atoms with Crippen molar-refractivity contribution in [3.63, 3.8) is 0 Å². The molecule has 0 bridgehead atoms. The van der Waals surface area contributed by atoms with Gasteiger partial charge < -0.3 is 0 Å². The highest BCUT2D eigenvalue weighted by atomic mass is 16.1. The molecule has 0 aliphatic rings. The smallest absolute Gasteiger partial charge is 0.185 e. The monoisotopic (exact) mass is 237 g/mol. The number of hydrogen-bond acceptors (Lipinski definition) is 3. The van der Waals surface area contributed by atoms with Gasteiger partial charge in [0.1, 0.15) is 0 Å². The fourth-order valence-corrected chi connectivity index (χ4v) is 1.82. The van der Waals surface area contributed by atoms with Crippen LogP contribution in [0.15, 0.2) is 12.4 Å². The molecule has 1 unspecified atom stereocenters. The first-order chi connectivity index (χ1) is 7.95. The van der Waals surface area contributed by atoms with Crippen molar-refractivity contribution in [3.05, 3.63) is 18.0 Å². The summed E-state index contributed by atoms with van der Waals surface area (Å²) < 4.78 is 1.83. The highest BCUT2D eigenvalue weighted by molar-refractivity contribution is 6.02. The van der Waals surface area contributed by atoms with Gasteiger partial charge in [0, 0.05) is 12.7 Å². The van der Waals surface area contributed by atoms with E-state index < -0.39 is 5.54 Å². The lowest BCUT2D eigenvalue weighted by molar-refractivity contribution is 0.0710. The van der Waals surface area contributed by atoms with Gasteiger partial charge >= 0.3 is 0 Å². The molecule has 0 saturated carbocycles. The lowest BCUT2D eigenvalue weighted by Crippen LogP contribution is -2.47. The van der Waals surface area contributed by atoms with Gasteiger partial charge in [-0.3, -0.25) is 14.4 Å². The molecule has 1 heterocycles. The molecular formula is C13H23N3O. The van der Waals surface area contributed by atoms with Crippen LogP contribution in [0, 0.1) is 0 Å². The van der Waals surface area contributed by atoms with Crippen LogP contribution in [-0.2, 0) is 6.54 Å². The Balaban J connectivity index is 2.94.